The third kappa shape index (κ3) is 3.97. The summed E-state index contributed by atoms with van der Waals surface area (Å²) in [5.41, 5.74) is 1.10. The van der Waals surface area contributed by atoms with Gasteiger partial charge in [-0.25, -0.2) is 4.39 Å². The molecule has 146 valence electrons. The number of benzene rings is 3. The number of hydrogen-bond donors (Lipinski definition) is 0. The largest absolute Gasteiger partial charge is 0.489 e. The molecule has 0 aliphatic carbocycles. The molecule has 0 saturated heterocycles. The first-order chi connectivity index (χ1) is 13.9. The average Bonchev–Trinajstić information content (AvgIpc) is 2.99. The fourth-order valence-corrected chi connectivity index (χ4v) is 3.59. The normalized spacial score (nSPS) is 14.1. The summed E-state index contributed by atoms with van der Waals surface area (Å²) in [6.07, 6.45) is 1.30. The highest BCUT2D eigenvalue weighted by Gasteiger charge is 2.28. The maximum absolute atomic E-state index is 14.0. The van der Waals surface area contributed by atoms with Crippen LogP contribution in [-0.2, 0) is 6.61 Å². The van der Waals surface area contributed by atoms with Gasteiger partial charge in [0.15, 0.2) is 5.76 Å². The highest BCUT2D eigenvalue weighted by molar-refractivity contribution is 6.36. The molecule has 3 aromatic rings. The predicted molar refractivity (Wildman–Crippen MR) is 112 cm³/mol. The van der Waals surface area contributed by atoms with Crippen molar-refractivity contribution in [3.05, 3.63) is 97.9 Å². The van der Waals surface area contributed by atoms with E-state index in [1.54, 1.807) is 36.4 Å². The van der Waals surface area contributed by atoms with Crippen molar-refractivity contribution in [3.63, 3.8) is 0 Å². The summed E-state index contributed by atoms with van der Waals surface area (Å²) < 4.78 is 25.4. The van der Waals surface area contributed by atoms with Crippen molar-refractivity contribution < 1.29 is 18.7 Å². The summed E-state index contributed by atoms with van der Waals surface area (Å²) in [4.78, 5) is 12.6. The molecule has 0 atom stereocenters. The van der Waals surface area contributed by atoms with Crippen molar-refractivity contribution in [2.45, 2.75) is 6.61 Å². The van der Waals surface area contributed by atoms with Gasteiger partial charge in [-0.2, -0.15) is 0 Å². The minimum Gasteiger partial charge on any atom is -0.489 e. The Labute approximate surface area is 181 Å². The molecule has 0 spiro atoms. The fraction of sp³-hybridized carbons (Fsp3) is 0.0455. The van der Waals surface area contributed by atoms with Crippen LogP contribution in [0.2, 0.25) is 15.1 Å². The van der Waals surface area contributed by atoms with Crippen molar-refractivity contribution in [2.75, 3.05) is 0 Å². The van der Waals surface area contributed by atoms with E-state index in [2.05, 4.69) is 0 Å². The van der Waals surface area contributed by atoms with Crippen molar-refractivity contribution in [1.29, 1.82) is 0 Å². The van der Waals surface area contributed by atoms with E-state index in [0.717, 1.165) is 0 Å². The number of carbonyl (C=O) groups is 1. The molecule has 0 amide bonds. The third-order valence-corrected chi connectivity index (χ3v) is 5.40. The molecule has 0 bridgehead atoms. The van der Waals surface area contributed by atoms with Crippen LogP contribution >= 0.6 is 34.8 Å². The van der Waals surface area contributed by atoms with Crippen LogP contribution in [0.3, 0.4) is 0 Å². The van der Waals surface area contributed by atoms with Gasteiger partial charge in [0.25, 0.3) is 0 Å². The molecule has 4 rings (SSSR count). The molecular weight excluding hydrogens is 438 g/mol. The molecular formula is C22H12Cl3FO3. The van der Waals surface area contributed by atoms with E-state index < -0.39 is 5.82 Å². The zero-order valence-corrected chi connectivity index (χ0v) is 17.0. The minimum atomic E-state index is -0.544. The number of ketones is 1. The number of rotatable bonds is 4. The van der Waals surface area contributed by atoms with E-state index in [1.807, 2.05) is 0 Å². The van der Waals surface area contributed by atoms with E-state index in [4.69, 9.17) is 44.3 Å². The Kier molecular flexibility index (Phi) is 5.50. The van der Waals surface area contributed by atoms with Gasteiger partial charge in [0.2, 0.25) is 5.78 Å². The predicted octanol–water partition coefficient (Wildman–Crippen LogP) is 6.98. The van der Waals surface area contributed by atoms with Crippen molar-refractivity contribution in [1.82, 2.24) is 0 Å². The van der Waals surface area contributed by atoms with Crippen LogP contribution in [0.4, 0.5) is 4.39 Å². The average molecular weight is 450 g/mol. The van der Waals surface area contributed by atoms with Gasteiger partial charge < -0.3 is 9.47 Å². The zero-order chi connectivity index (χ0) is 20.5. The molecule has 0 aromatic heterocycles. The van der Waals surface area contributed by atoms with Crippen molar-refractivity contribution in [2.24, 2.45) is 0 Å². The first-order valence-corrected chi connectivity index (χ1v) is 9.65. The lowest BCUT2D eigenvalue weighted by Crippen LogP contribution is -1.99. The van der Waals surface area contributed by atoms with Crippen molar-refractivity contribution in [3.8, 4) is 11.5 Å². The van der Waals surface area contributed by atoms with E-state index in [-0.39, 0.29) is 28.7 Å². The Morgan fingerprint density at radius 3 is 2.38 bits per heavy atom. The van der Waals surface area contributed by atoms with Gasteiger partial charge in [-0.1, -0.05) is 46.9 Å². The molecule has 3 aromatic carbocycles. The van der Waals surface area contributed by atoms with Crippen LogP contribution in [0, 0.1) is 5.82 Å². The summed E-state index contributed by atoms with van der Waals surface area (Å²) >= 11 is 18.3. The lowest BCUT2D eigenvalue weighted by molar-refractivity contribution is 0.101. The minimum absolute atomic E-state index is 0.0155. The number of carbonyl (C=O) groups excluding carboxylic acids is 1. The zero-order valence-electron chi connectivity index (χ0n) is 14.7. The van der Waals surface area contributed by atoms with Crippen LogP contribution in [0.25, 0.3) is 6.08 Å². The maximum Gasteiger partial charge on any atom is 0.231 e. The van der Waals surface area contributed by atoms with Gasteiger partial charge in [0.05, 0.1) is 10.6 Å². The maximum atomic E-state index is 14.0. The second kappa shape index (κ2) is 8.07. The number of halogens is 4. The summed E-state index contributed by atoms with van der Waals surface area (Å²) in [5, 5.41) is 1.18. The molecule has 0 unspecified atom stereocenters. The summed E-state index contributed by atoms with van der Waals surface area (Å²) in [7, 11) is 0. The lowest BCUT2D eigenvalue weighted by Gasteiger charge is -2.10. The van der Waals surface area contributed by atoms with Crippen LogP contribution in [0.5, 0.6) is 11.5 Å². The Balaban J connectivity index is 1.57. The molecule has 7 heteroatoms. The first kappa shape index (κ1) is 19.8. The molecule has 0 saturated carbocycles. The van der Waals surface area contributed by atoms with Gasteiger partial charge >= 0.3 is 0 Å². The standard InChI is InChI=1S/C22H12Cl3FO3/c23-16-5-2-6-19(26)14(16)10-21-22(27)13-8-7-12(9-20(13)29-21)28-11-15-17(24)3-1-4-18(15)25/h1-10H,11H2. The summed E-state index contributed by atoms with van der Waals surface area (Å²) in [5.74, 6) is -0.134. The van der Waals surface area contributed by atoms with Gasteiger partial charge in [-0.3, -0.25) is 4.79 Å². The van der Waals surface area contributed by atoms with E-state index in [0.29, 0.717) is 32.7 Å². The summed E-state index contributed by atoms with van der Waals surface area (Å²) in [6.45, 7) is 0.152. The van der Waals surface area contributed by atoms with E-state index in [1.165, 1.54) is 24.3 Å². The second-order valence-electron chi connectivity index (χ2n) is 6.22. The molecule has 29 heavy (non-hydrogen) atoms. The molecule has 1 heterocycles. The van der Waals surface area contributed by atoms with Gasteiger partial charge in [0.1, 0.15) is 23.9 Å². The van der Waals surface area contributed by atoms with Crippen LogP contribution in [0.1, 0.15) is 21.5 Å². The fourth-order valence-electron chi connectivity index (χ4n) is 2.86. The highest BCUT2D eigenvalue weighted by Crippen LogP contribution is 2.36. The number of hydrogen-bond acceptors (Lipinski definition) is 3. The molecule has 3 nitrogen and oxygen atoms in total. The van der Waals surface area contributed by atoms with Crippen molar-refractivity contribution >= 4 is 46.7 Å². The quantitative estimate of drug-likeness (QED) is 0.403. The Morgan fingerprint density at radius 1 is 0.966 bits per heavy atom. The van der Waals surface area contributed by atoms with Crippen LogP contribution in [-0.4, -0.2) is 5.78 Å². The van der Waals surface area contributed by atoms with Gasteiger partial charge in [-0.15, -0.1) is 0 Å². The number of Topliss-reactive ketones (excluding diaryl/α,β-unsaturated/α-hetero) is 1. The summed E-state index contributed by atoms with van der Waals surface area (Å²) in [6, 6.07) is 14.3. The lowest BCUT2D eigenvalue weighted by atomic mass is 10.1. The van der Waals surface area contributed by atoms with Crippen LogP contribution < -0.4 is 9.47 Å². The molecule has 1 aliphatic heterocycles. The number of allylic oxidation sites excluding steroid dienone is 1. The smallest absolute Gasteiger partial charge is 0.231 e. The Bertz CT molecular complexity index is 1120. The van der Waals surface area contributed by atoms with E-state index >= 15 is 0 Å². The topological polar surface area (TPSA) is 35.5 Å². The first-order valence-electron chi connectivity index (χ1n) is 8.52. The highest BCUT2D eigenvalue weighted by atomic mass is 35.5. The molecule has 0 N–H and O–H groups in total. The molecule has 1 aliphatic rings. The second-order valence-corrected chi connectivity index (χ2v) is 7.44. The monoisotopic (exact) mass is 448 g/mol. The Morgan fingerprint density at radius 2 is 1.66 bits per heavy atom. The number of fused-ring (bicyclic) bond motifs is 1. The SMILES string of the molecule is O=C1C(=Cc2c(F)cccc2Cl)Oc2cc(OCc3c(Cl)cccc3Cl)ccc21. The molecule has 0 fully saturated rings. The van der Waals surface area contributed by atoms with Gasteiger partial charge in [-0.05, 0) is 42.5 Å². The van der Waals surface area contributed by atoms with Gasteiger partial charge in [0, 0.05) is 27.2 Å². The number of ether oxygens (including phenoxy) is 2. The Hall–Kier alpha value is -2.53. The third-order valence-electron chi connectivity index (χ3n) is 4.36. The van der Waals surface area contributed by atoms with Crippen LogP contribution in [0.15, 0.2) is 60.4 Å². The van der Waals surface area contributed by atoms with E-state index in [9.17, 15) is 9.18 Å². The molecule has 0 radical (unpaired) electrons.